The zero-order valence-electron chi connectivity index (χ0n) is 17.6. The molecule has 1 saturated heterocycles. The first-order valence-electron chi connectivity index (χ1n) is 9.88. The van der Waals surface area contributed by atoms with Crippen molar-refractivity contribution in [3.8, 4) is 11.4 Å². The van der Waals surface area contributed by atoms with E-state index in [4.69, 9.17) is 0 Å². The van der Waals surface area contributed by atoms with Crippen LogP contribution in [0.25, 0.3) is 11.4 Å². The third-order valence-electron chi connectivity index (χ3n) is 5.23. The molecule has 3 rings (SSSR count). The van der Waals surface area contributed by atoms with Gasteiger partial charge in [0.05, 0.1) is 5.56 Å². The molecule has 2 heterocycles. The maximum Gasteiger partial charge on any atom is 0.416 e. The molecule has 9 heteroatoms. The van der Waals surface area contributed by atoms with Gasteiger partial charge in [-0.2, -0.15) is 13.2 Å². The van der Waals surface area contributed by atoms with Gasteiger partial charge in [0.1, 0.15) is 5.82 Å². The number of piperazine rings is 1. The monoisotopic (exact) mass is 421 g/mol. The van der Waals surface area contributed by atoms with E-state index in [0.29, 0.717) is 38.2 Å². The molecule has 0 spiro atoms. The van der Waals surface area contributed by atoms with Crippen molar-refractivity contribution in [1.29, 1.82) is 0 Å². The quantitative estimate of drug-likeness (QED) is 0.756. The van der Waals surface area contributed by atoms with Crippen molar-refractivity contribution in [3.05, 3.63) is 41.1 Å². The number of hydrogen-bond donors (Lipinski definition) is 0. The van der Waals surface area contributed by atoms with Crippen LogP contribution in [0.15, 0.2) is 24.3 Å². The normalized spacial score (nSPS) is 14.8. The molecule has 1 fully saturated rings. The number of carbonyl (C=O) groups is 1. The second-order valence-electron chi connectivity index (χ2n) is 7.52. The Morgan fingerprint density at radius 3 is 2.37 bits per heavy atom. The van der Waals surface area contributed by atoms with E-state index in [9.17, 15) is 18.0 Å². The Balaban J connectivity index is 1.93. The molecule has 1 aliphatic heterocycles. The van der Waals surface area contributed by atoms with Crippen LogP contribution in [-0.2, 0) is 12.6 Å². The van der Waals surface area contributed by atoms with Crippen LogP contribution >= 0.6 is 0 Å². The summed E-state index contributed by atoms with van der Waals surface area (Å²) in [5.41, 5.74) is 1.33. The van der Waals surface area contributed by atoms with Crippen LogP contribution in [0.5, 0.6) is 0 Å². The molecule has 0 atom stereocenters. The van der Waals surface area contributed by atoms with Crippen molar-refractivity contribution >= 4 is 11.8 Å². The molecule has 0 aliphatic carbocycles. The van der Waals surface area contributed by atoms with Crippen molar-refractivity contribution in [3.63, 3.8) is 0 Å². The number of aromatic nitrogens is 2. The molecule has 162 valence electrons. The molecule has 1 aliphatic rings. The Morgan fingerprint density at radius 2 is 1.80 bits per heavy atom. The number of anilines is 1. The molecule has 0 saturated carbocycles. The maximum absolute atomic E-state index is 13.1. The Bertz CT molecular complexity index is 921. The summed E-state index contributed by atoms with van der Waals surface area (Å²) in [5, 5.41) is 0. The topological polar surface area (TPSA) is 52.6 Å². The van der Waals surface area contributed by atoms with E-state index in [0.717, 1.165) is 29.2 Å². The highest BCUT2D eigenvalue weighted by molar-refractivity contribution is 5.74. The minimum atomic E-state index is -4.42. The van der Waals surface area contributed by atoms with Crippen molar-refractivity contribution in [2.45, 2.75) is 26.4 Å². The minimum absolute atomic E-state index is 0.0334. The van der Waals surface area contributed by atoms with Gasteiger partial charge >= 0.3 is 12.2 Å². The summed E-state index contributed by atoms with van der Waals surface area (Å²) in [6, 6.07) is 5.05. The second-order valence-corrected chi connectivity index (χ2v) is 7.52. The van der Waals surface area contributed by atoms with E-state index < -0.39 is 11.7 Å². The molecule has 0 bridgehead atoms. The zero-order valence-corrected chi connectivity index (χ0v) is 17.6. The lowest BCUT2D eigenvalue weighted by Gasteiger charge is -2.37. The largest absolute Gasteiger partial charge is 0.416 e. The second kappa shape index (κ2) is 8.49. The first kappa shape index (κ1) is 21.9. The number of amides is 2. The van der Waals surface area contributed by atoms with Gasteiger partial charge < -0.3 is 14.7 Å². The van der Waals surface area contributed by atoms with Crippen LogP contribution < -0.4 is 4.90 Å². The number of carbonyl (C=O) groups excluding carboxylic acids is 1. The first-order chi connectivity index (χ1) is 14.1. The number of alkyl halides is 3. The fourth-order valence-corrected chi connectivity index (χ4v) is 3.61. The lowest BCUT2D eigenvalue weighted by atomic mass is 10.1. The fraction of sp³-hybridized carbons (Fsp3) is 0.476. The maximum atomic E-state index is 13.1. The third-order valence-corrected chi connectivity index (χ3v) is 5.23. The Kier molecular flexibility index (Phi) is 6.19. The minimum Gasteiger partial charge on any atom is -0.353 e. The van der Waals surface area contributed by atoms with Gasteiger partial charge in [-0.1, -0.05) is 19.1 Å². The van der Waals surface area contributed by atoms with Gasteiger partial charge in [-0.05, 0) is 25.5 Å². The van der Waals surface area contributed by atoms with Gasteiger partial charge in [-0.15, -0.1) is 0 Å². The summed E-state index contributed by atoms with van der Waals surface area (Å²) in [5.74, 6) is 1.01. The number of nitrogens with zero attached hydrogens (tertiary/aromatic N) is 5. The summed E-state index contributed by atoms with van der Waals surface area (Å²) in [4.78, 5) is 26.7. The van der Waals surface area contributed by atoms with E-state index in [2.05, 4.69) is 14.9 Å². The summed E-state index contributed by atoms with van der Waals surface area (Å²) in [7, 11) is 3.44. The number of benzene rings is 1. The third kappa shape index (κ3) is 4.49. The van der Waals surface area contributed by atoms with E-state index >= 15 is 0 Å². The standard InChI is InChI=1S/C21H26F3N5O/c1-5-17-14(2)25-18(15-7-6-8-16(13-15)21(22,23)24)26-19(17)28-9-11-29(12-10-28)20(30)27(3)4/h6-8,13H,5,9-12H2,1-4H3. The molecular formula is C21H26F3N5O. The van der Waals surface area contributed by atoms with Crippen molar-refractivity contribution in [2.24, 2.45) is 0 Å². The SMILES string of the molecule is CCc1c(C)nc(-c2cccc(C(F)(F)F)c2)nc1N1CCN(C(=O)N(C)C)CC1. The molecular weight excluding hydrogens is 395 g/mol. The van der Waals surface area contributed by atoms with Crippen LogP contribution in [0.3, 0.4) is 0 Å². The molecule has 0 unspecified atom stereocenters. The van der Waals surface area contributed by atoms with Gasteiger partial charge in [0.2, 0.25) is 0 Å². The molecule has 30 heavy (non-hydrogen) atoms. The summed E-state index contributed by atoms with van der Waals surface area (Å²) in [6.45, 7) is 6.18. The highest BCUT2D eigenvalue weighted by Gasteiger charge is 2.31. The first-order valence-corrected chi connectivity index (χ1v) is 9.88. The Hall–Kier alpha value is -2.84. The number of hydrogen-bond acceptors (Lipinski definition) is 4. The average Bonchev–Trinajstić information content (AvgIpc) is 2.72. The molecule has 0 radical (unpaired) electrons. The van der Waals surface area contributed by atoms with E-state index in [1.807, 2.05) is 13.8 Å². The molecule has 2 aromatic rings. The van der Waals surface area contributed by atoms with Gasteiger partial charge in [0.25, 0.3) is 0 Å². The highest BCUT2D eigenvalue weighted by atomic mass is 19.4. The lowest BCUT2D eigenvalue weighted by Crippen LogP contribution is -2.52. The van der Waals surface area contributed by atoms with Crippen LogP contribution in [0.2, 0.25) is 0 Å². The average molecular weight is 421 g/mol. The zero-order chi connectivity index (χ0) is 22.1. The van der Waals surface area contributed by atoms with Gasteiger partial charge in [-0.3, -0.25) is 0 Å². The number of rotatable bonds is 3. The van der Waals surface area contributed by atoms with E-state index in [1.165, 1.54) is 6.07 Å². The van der Waals surface area contributed by atoms with E-state index in [1.54, 1.807) is 30.0 Å². The van der Waals surface area contributed by atoms with Crippen LogP contribution in [0, 0.1) is 6.92 Å². The van der Waals surface area contributed by atoms with Crippen LogP contribution in [0.4, 0.5) is 23.8 Å². The Labute approximate surface area is 174 Å². The van der Waals surface area contributed by atoms with Crippen LogP contribution in [0.1, 0.15) is 23.7 Å². The smallest absolute Gasteiger partial charge is 0.353 e. The highest BCUT2D eigenvalue weighted by Crippen LogP contribution is 2.32. The van der Waals surface area contributed by atoms with Crippen molar-refractivity contribution in [1.82, 2.24) is 19.8 Å². The van der Waals surface area contributed by atoms with Gasteiger partial charge in [0.15, 0.2) is 5.82 Å². The van der Waals surface area contributed by atoms with Gasteiger partial charge in [0, 0.05) is 57.1 Å². The van der Waals surface area contributed by atoms with Crippen LogP contribution in [-0.4, -0.2) is 66.1 Å². The Morgan fingerprint density at radius 1 is 1.13 bits per heavy atom. The predicted molar refractivity (Wildman–Crippen MR) is 109 cm³/mol. The molecule has 0 N–H and O–H groups in total. The fourth-order valence-electron chi connectivity index (χ4n) is 3.61. The number of urea groups is 1. The van der Waals surface area contributed by atoms with E-state index in [-0.39, 0.29) is 11.9 Å². The number of halogens is 3. The molecule has 2 amide bonds. The van der Waals surface area contributed by atoms with Gasteiger partial charge in [-0.25, -0.2) is 14.8 Å². The summed E-state index contributed by atoms with van der Waals surface area (Å²) < 4.78 is 39.4. The van der Waals surface area contributed by atoms with Crippen molar-refractivity contribution in [2.75, 3.05) is 45.2 Å². The molecule has 1 aromatic heterocycles. The summed E-state index contributed by atoms with van der Waals surface area (Å²) in [6.07, 6.45) is -3.71. The molecule has 1 aromatic carbocycles. The van der Waals surface area contributed by atoms with Crippen molar-refractivity contribution < 1.29 is 18.0 Å². The molecule has 6 nitrogen and oxygen atoms in total. The summed E-state index contributed by atoms with van der Waals surface area (Å²) >= 11 is 0. The number of aryl methyl sites for hydroxylation is 1. The lowest BCUT2D eigenvalue weighted by molar-refractivity contribution is -0.137. The predicted octanol–water partition coefficient (Wildman–Crippen LogP) is 3.84.